The lowest BCUT2D eigenvalue weighted by atomic mass is 10.2. The topological polar surface area (TPSA) is 50.8 Å². The number of carbonyl (C=O) groups is 1. The Balaban J connectivity index is 1.80. The lowest BCUT2D eigenvalue weighted by Crippen LogP contribution is -2.30. The van der Waals surface area contributed by atoms with Gasteiger partial charge in [-0.1, -0.05) is 23.7 Å². The number of nitrogens with one attached hydrogen (secondary N) is 1. The fourth-order valence-electron chi connectivity index (χ4n) is 1.86. The highest BCUT2D eigenvalue weighted by atomic mass is 35.5. The van der Waals surface area contributed by atoms with Gasteiger partial charge in [-0.25, -0.2) is 9.86 Å². The quantitative estimate of drug-likeness (QED) is 0.813. The van der Waals surface area contributed by atoms with Crippen LogP contribution in [0, 0.1) is 0 Å². The molecule has 0 heterocycles. The molecular weight excluding hydrogens is 316 g/mol. The van der Waals surface area contributed by atoms with Gasteiger partial charge >= 0.3 is 6.03 Å². The van der Waals surface area contributed by atoms with E-state index in [0.29, 0.717) is 12.3 Å². The summed E-state index contributed by atoms with van der Waals surface area (Å²) >= 11 is 5.85. The maximum atomic E-state index is 11.6. The van der Waals surface area contributed by atoms with Crippen LogP contribution >= 0.6 is 11.6 Å². The normalized spacial score (nSPS) is 10.2. The average molecular weight is 335 g/mol. The first-order chi connectivity index (χ1) is 11.1. The van der Waals surface area contributed by atoms with Crippen molar-refractivity contribution in [2.75, 3.05) is 26.1 Å². The minimum absolute atomic E-state index is 0.344. The second kappa shape index (κ2) is 8.41. The molecule has 0 aliphatic rings. The molecule has 1 N–H and O–H groups in total. The molecule has 0 bridgehead atoms. The van der Waals surface area contributed by atoms with Gasteiger partial charge in [0.25, 0.3) is 0 Å². The lowest BCUT2D eigenvalue weighted by molar-refractivity contribution is -0.0598. The monoisotopic (exact) mass is 334 g/mol. The van der Waals surface area contributed by atoms with E-state index < -0.39 is 0 Å². The van der Waals surface area contributed by atoms with Crippen LogP contribution in [0.2, 0.25) is 5.02 Å². The molecule has 0 saturated carbocycles. The van der Waals surface area contributed by atoms with E-state index in [4.69, 9.17) is 21.2 Å². The second-order valence-electron chi connectivity index (χ2n) is 4.86. The van der Waals surface area contributed by atoms with Crippen molar-refractivity contribution >= 4 is 23.3 Å². The van der Waals surface area contributed by atoms with Crippen molar-refractivity contribution in [1.29, 1.82) is 0 Å². The van der Waals surface area contributed by atoms with Crippen molar-refractivity contribution in [3.8, 4) is 5.75 Å². The van der Waals surface area contributed by atoms with Crippen molar-refractivity contribution in [3.63, 3.8) is 0 Å². The molecule has 5 nitrogen and oxygen atoms in total. The highest BCUT2D eigenvalue weighted by Crippen LogP contribution is 2.17. The molecule has 23 heavy (non-hydrogen) atoms. The molecule has 0 atom stereocenters. The van der Waals surface area contributed by atoms with Crippen LogP contribution in [0.1, 0.15) is 5.56 Å². The second-order valence-corrected chi connectivity index (χ2v) is 5.30. The van der Waals surface area contributed by atoms with Gasteiger partial charge in [-0.2, -0.15) is 0 Å². The summed E-state index contributed by atoms with van der Waals surface area (Å²) in [5.74, 6) is 0.747. The highest BCUT2D eigenvalue weighted by Gasteiger charge is 2.07. The number of ether oxygens (including phenoxy) is 1. The van der Waals surface area contributed by atoms with E-state index in [1.807, 2.05) is 36.4 Å². The Morgan fingerprint density at radius 3 is 2.39 bits per heavy atom. The number of hydrogen-bond acceptors (Lipinski definition) is 3. The number of anilines is 1. The number of benzene rings is 2. The Kier molecular flexibility index (Phi) is 6.26. The van der Waals surface area contributed by atoms with Gasteiger partial charge < -0.3 is 10.1 Å². The molecule has 122 valence electrons. The van der Waals surface area contributed by atoms with Gasteiger partial charge in [0.1, 0.15) is 5.75 Å². The Hall–Kier alpha value is -2.24. The zero-order chi connectivity index (χ0) is 16.7. The summed E-state index contributed by atoms with van der Waals surface area (Å²) in [5, 5.41) is 4.54. The van der Waals surface area contributed by atoms with Crippen LogP contribution < -0.4 is 10.1 Å². The fourth-order valence-corrected chi connectivity index (χ4v) is 1.98. The lowest BCUT2D eigenvalue weighted by Gasteiger charge is -2.14. The number of halogens is 1. The van der Waals surface area contributed by atoms with Crippen LogP contribution in [-0.4, -0.2) is 31.9 Å². The van der Waals surface area contributed by atoms with E-state index in [2.05, 4.69) is 5.32 Å². The summed E-state index contributed by atoms with van der Waals surface area (Å²) in [6.45, 7) is 0.569. The number of amides is 2. The number of hydrogen-bond donors (Lipinski definition) is 1. The van der Waals surface area contributed by atoms with Gasteiger partial charge in [-0.3, -0.25) is 4.84 Å². The summed E-state index contributed by atoms with van der Waals surface area (Å²) in [4.78, 5) is 16.4. The molecule has 2 aromatic rings. The summed E-state index contributed by atoms with van der Waals surface area (Å²) in [6.07, 6.45) is 0.800. The molecule has 6 heteroatoms. The third kappa shape index (κ3) is 5.47. The summed E-state index contributed by atoms with van der Waals surface area (Å²) in [7, 11) is 2.96. The van der Waals surface area contributed by atoms with Crippen LogP contribution in [0.5, 0.6) is 5.75 Å². The highest BCUT2D eigenvalue weighted by molar-refractivity contribution is 6.30. The van der Waals surface area contributed by atoms with Crippen molar-refractivity contribution in [2.45, 2.75) is 6.42 Å². The molecule has 2 rings (SSSR count). The number of urea groups is 1. The number of nitrogens with zero attached hydrogens (tertiary/aromatic N) is 1. The van der Waals surface area contributed by atoms with E-state index in [1.54, 1.807) is 12.1 Å². The number of rotatable bonds is 6. The largest absolute Gasteiger partial charge is 0.493 e. The maximum absolute atomic E-state index is 11.6. The van der Waals surface area contributed by atoms with Crippen molar-refractivity contribution in [3.05, 3.63) is 59.1 Å². The van der Waals surface area contributed by atoms with E-state index in [0.717, 1.165) is 22.3 Å². The zero-order valence-electron chi connectivity index (χ0n) is 13.1. The average Bonchev–Trinajstić information content (AvgIpc) is 2.57. The molecule has 0 spiro atoms. The first-order valence-electron chi connectivity index (χ1n) is 7.14. The molecular formula is C17H19ClN2O3. The molecule has 0 aromatic heterocycles. The summed E-state index contributed by atoms with van der Waals surface area (Å²) in [5.41, 5.74) is 1.84. The molecule has 0 aliphatic carbocycles. The molecule has 0 fully saturated rings. The predicted molar refractivity (Wildman–Crippen MR) is 90.9 cm³/mol. The zero-order valence-corrected chi connectivity index (χ0v) is 13.8. The van der Waals surface area contributed by atoms with Gasteiger partial charge in [0.2, 0.25) is 0 Å². The Bertz CT molecular complexity index is 629. The number of carbonyl (C=O) groups excluding carboxylic acids is 1. The molecule has 2 amide bonds. The van der Waals surface area contributed by atoms with E-state index in [-0.39, 0.29) is 6.03 Å². The Morgan fingerprint density at radius 1 is 1.13 bits per heavy atom. The van der Waals surface area contributed by atoms with Crippen LogP contribution in [-0.2, 0) is 11.3 Å². The fraction of sp³-hybridized carbons (Fsp3) is 0.235. The van der Waals surface area contributed by atoms with Crippen LogP contribution in [0.4, 0.5) is 10.5 Å². The van der Waals surface area contributed by atoms with E-state index in [9.17, 15) is 4.79 Å². The van der Waals surface area contributed by atoms with Gasteiger partial charge in [0.15, 0.2) is 0 Å². The molecule has 2 aromatic carbocycles. The number of hydroxylamine groups is 2. The standard InChI is InChI=1S/C17H19ClN2O3/c1-20(22-2)17(21)19-15-7-9-16(10-8-15)23-12-11-13-3-5-14(18)6-4-13/h3-10H,11-12H2,1-2H3,(H,19,21). The summed E-state index contributed by atoms with van der Waals surface area (Å²) < 4.78 is 5.69. The summed E-state index contributed by atoms with van der Waals surface area (Å²) in [6, 6.07) is 14.5. The minimum Gasteiger partial charge on any atom is -0.493 e. The minimum atomic E-state index is -0.344. The smallest absolute Gasteiger partial charge is 0.345 e. The molecule has 0 unspecified atom stereocenters. The van der Waals surface area contributed by atoms with Gasteiger partial charge in [0, 0.05) is 24.2 Å². The SMILES string of the molecule is CON(C)C(=O)Nc1ccc(OCCc2ccc(Cl)cc2)cc1. The first kappa shape index (κ1) is 17.1. The van der Waals surface area contributed by atoms with Crippen LogP contribution in [0.25, 0.3) is 0 Å². The van der Waals surface area contributed by atoms with Gasteiger partial charge in [-0.15, -0.1) is 0 Å². The third-order valence-corrected chi connectivity index (χ3v) is 3.49. The first-order valence-corrected chi connectivity index (χ1v) is 7.52. The molecule has 0 saturated heterocycles. The van der Waals surface area contributed by atoms with E-state index in [1.165, 1.54) is 19.7 Å². The Morgan fingerprint density at radius 2 is 1.78 bits per heavy atom. The van der Waals surface area contributed by atoms with Crippen LogP contribution in [0.15, 0.2) is 48.5 Å². The van der Waals surface area contributed by atoms with E-state index >= 15 is 0 Å². The van der Waals surface area contributed by atoms with Crippen molar-refractivity contribution in [2.24, 2.45) is 0 Å². The van der Waals surface area contributed by atoms with Gasteiger partial charge in [0.05, 0.1) is 13.7 Å². The van der Waals surface area contributed by atoms with Crippen molar-refractivity contribution in [1.82, 2.24) is 5.06 Å². The maximum Gasteiger partial charge on any atom is 0.345 e. The third-order valence-electron chi connectivity index (χ3n) is 3.24. The molecule has 0 aliphatic heterocycles. The van der Waals surface area contributed by atoms with Gasteiger partial charge in [-0.05, 0) is 42.0 Å². The molecule has 0 radical (unpaired) electrons. The predicted octanol–water partition coefficient (Wildman–Crippen LogP) is 3.99. The van der Waals surface area contributed by atoms with Crippen molar-refractivity contribution < 1.29 is 14.4 Å². The Labute approximate surface area is 140 Å². The van der Waals surface area contributed by atoms with Crippen LogP contribution in [0.3, 0.4) is 0 Å².